The van der Waals surface area contributed by atoms with Gasteiger partial charge in [-0.25, -0.2) is 0 Å². The Kier molecular flexibility index (Phi) is 8.63. The van der Waals surface area contributed by atoms with Crippen molar-refractivity contribution >= 4 is 0 Å². The standard InChI is InChI=1S/C18H35N3/c1-5-7-9-11-13-15-18(3,14-12-10-8-6-2)17-20-19-16-21(17)4/h16H,5-15H2,1-4H3. The summed E-state index contributed by atoms with van der Waals surface area (Å²) in [7, 11) is 2.08. The van der Waals surface area contributed by atoms with E-state index >= 15 is 0 Å². The van der Waals surface area contributed by atoms with Crippen molar-refractivity contribution in [3.8, 4) is 0 Å². The van der Waals surface area contributed by atoms with Crippen LogP contribution in [0.2, 0.25) is 0 Å². The molecule has 21 heavy (non-hydrogen) atoms. The third kappa shape index (κ3) is 6.19. The molecule has 0 saturated carbocycles. The second-order valence-corrected chi connectivity index (χ2v) is 6.80. The predicted octanol–water partition coefficient (Wildman–Crippen LogP) is 5.40. The van der Waals surface area contributed by atoms with Gasteiger partial charge in [0.05, 0.1) is 0 Å². The quantitative estimate of drug-likeness (QED) is 0.483. The molecular formula is C18H35N3. The van der Waals surface area contributed by atoms with Crippen molar-refractivity contribution in [2.45, 2.75) is 96.8 Å². The summed E-state index contributed by atoms with van der Waals surface area (Å²) in [6.45, 7) is 6.94. The molecule has 0 aromatic carbocycles. The molecule has 0 spiro atoms. The number of hydrogen-bond donors (Lipinski definition) is 0. The summed E-state index contributed by atoms with van der Waals surface area (Å²) in [5.74, 6) is 1.18. The minimum absolute atomic E-state index is 0.200. The van der Waals surface area contributed by atoms with Crippen LogP contribution in [0.1, 0.15) is 97.2 Å². The van der Waals surface area contributed by atoms with Crippen LogP contribution in [0, 0.1) is 0 Å². The van der Waals surface area contributed by atoms with Crippen molar-refractivity contribution in [2.75, 3.05) is 0 Å². The molecule has 0 fully saturated rings. The van der Waals surface area contributed by atoms with Crippen LogP contribution in [0.5, 0.6) is 0 Å². The van der Waals surface area contributed by atoms with E-state index < -0.39 is 0 Å². The van der Waals surface area contributed by atoms with E-state index in [2.05, 4.69) is 42.6 Å². The normalized spacial score (nSPS) is 14.3. The highest BCUT2D eigenvalue weighted by atomic mass is 15.3. The van der Waals surface area contributed by atoms with Crippen molar-refractivity contribution in [2.24, 2.45) is 7.05 Å². The largest absolute Gasteiger partial charge is 0.320 e. The number of rotatable bonds is 12. The van der Waals surface area contributed by atoms with Gasteiger partial charge in [0.15, 0.2) is 0 Å². The maximum Gasteiger partial charge on any atom is 0.138 e. The SMILES string of the molecule is CCCCCCCC(C)(CCCCCC)c1nncn1C. The summed E-state index contributed by atoms with van der Waals surface area (Å²) >= 11 is 0. The number of unbranched alkanes of at least 4 members (excludes halogenated alkanes) is 7. The van der Waals surface area contributed by atoms with Gasteiger partial charge in [-0.05, 0) is 12.8 Å². The highest BCUT2D eigenvalue weighted by Crippen LogP contribution is 2.34. The lowest BCUT2D eigenvalue weighted by molar-refractivity contribution is 0.336. The average molecular weight is 293 g/mol. The zero-order chi connectivity index (χ0) is 15.6. The topological polar surface area (TPSA) is 30.7 Å². The lowest BCUT2D eigenvalue weighted by Crippen LogP contribution is -2.26. The minimum atomic E-state index is 0.200. The van der Waals surface area contributed by atoms with Crippen molar-refractivity contribution in [3.63, 3.8) is 0 Å². The Hall–Kier alpha value is -0.860. The molecule has 0 aliphatic carbocycles. The fraction of sp³-hybridized carbons (Fsp3) is 0.889. The monoisotopic (exact) mass is 293 g/mol. The summed E-state index contributed by atoms with van der Waals surface area (Å²) in [5, 5.41) is 8.52. The Labute approximate surface area is 131 Å². The van der Waals surface area contributed by atoms with E-state index in [0.717, 1.165) is 0 Å². The first-order valence-electron chi connectivity index (χ1n) is 8.98. The van der Waals surface area contributed by atoms with Gasteiger partial charge in [0.25, 0.3) is 0 Å². The molecule has 1 unspecified atom stereocenters. The van der Waals surface area contributed by atoms with Crippen LogP contribution in [-0.4, -0.2) is 14.8 Å². The van der Waals surface area contributed by atoms with Gasteiger partial charge in [0.2, 0.25) is 0 Å². The fourth-order valence-electron chi connectivity index (χ4n) is 3.24. The van der Waals surface area contributed by atoms with Gasteiger partial charge in [0, 0.05) is 12.5 Å². The number of aryl methyl sites for hydroxylation is 1. The zero-order valence-electron chi connectivity index (χ0n) is 14.7. The summed E-state index contributed by atoms with van der Waals surface area (Å²) < 4.78 is 2.12. The number of hydrogen-bond acceptors (Lipinski definition) is 2. The maximum absolute atomic E-state index is 4.41. The molecule has 1 aromatic heterocycles. The minimum Gasteiger partial charge on any atom is -0.320 e. The van der Waals surface area contributed by atoms with Crippen LogP contribution in [0.25, 0.3) is 0 Å². The highest BCUT2D eigenvalue weighted by molar-refractivity contribution is 5.05. The van der Waals surface area contributed by atoms with Gasteiger partial charge in [-0.1, -0.05) is 78.6 Å². The first-order chi connectivity index (χ1) is 10.1. The molecule has 0 radical (unpaired) electrons. The van der Waals surface area contributed by atoms with E-state index in [1.165, 1.54) is 76.5 Å². The zero-order valence-corrected chi connectivity index (χ0v) is 14.7. The van der Waals surface area contributed by atoms with Gasteiger partial charge in [-0.15, -0.1) is 10.2 Å². The maximum atomic E-state index is 4.41. The van der Waals surface area contributed by atoms with Crippen LogP contribution in [0.15, 0.2) is 6.33 Å². The number of aromatic nitrogens is 3. The Balaban J connectivity index is 2.55. The first-order valence-corrected chi connectivity index (χ1v) is 8.98. The van der Waals surface area contributed by atoms with Gasteiger partial charge in [-0.3, -0.25) is 0 Å². The Morgan fingerprint density at radius 3 is 1.90 bits per heavy atom. The van der Waals surface area contributed by atoms with Crippen LogP contribution in [0.4, 0.5) is 0 Å². The third-order valence-corrected chi connectivity index (χ3v) is 4.67. The van der Waals surface area contributed by atoms with Gasteiger partial charge < -0.3 is 4.57 Å². The van der Waals surface area contributed by atoms with Gasteiger partial charge in [0.1, 0.15) is 12.2 Å². The number of nitrogens with zero attached hydrogens (tertiary/aromatic N) is 3. The van der Waals surface area contributed by atoms with Crippen LogP contribution in [0.3, 0.4) is 0 Å². The molecular weight excluding hydrogens is 258 g/mol. The van der Waals surface area contributed by atoms with E-state index in [-0.39, 0.29) is 5.41 Å². The molecule has 122 valence electrons. The fourth-order valence-corrected chi connectivity index (χ4v) is 3.24. The molecule has 0 N–H and O–H groups in total. The molecule has 0 saturated heterocycles. The van der Waals surface area contributed by atoms with Gasteiger partial charge >= 0.3 is 0 Å². The average Bonchev–Trinajstić information content (AvgIpc) is 2.90. The van der Waals surface area contributed by atoms with Crippen LogP contribution in [-0.2, 0) is 12.5 Å². The smallest absolute Gasteiger partial charge is 0.138 e. The van der Waals surface area contributed by atoms with Gasteiger partial charge in [-0.2, -0.15) is 0 Å². The Morgan fingerprint density at radius 1 is 0.905 bits per heavy atom. The van der Waals surface area contributed by atoms with Crippen LogP contribution < -0.4 is 0 Å². The summed E-state index contributed by atoms with van der Waals surface area (Å²) in [4.78, 5) is 0. The molecule has 1 aromatic rings. The molecule has 1 rings (SSSR count). The van der Waals surface area contributed by atoms with E-state index in [9.17, 15) is 0 Å². The molecule has 1 atom stereocenters. The summed E-state index contributed by atoms with van der Waals surface area (Å²) in [6, 6.07) is 0. The van der Waals surface area contributed by atoms with E-state index in [1.54, 1.807) is 0 Å². The molecule has 3 heteroatoms. The van der Waals surface area contributed by atoms with Crippen molar-refractivity contribution in [3.05, 3.63) is 12.2 Å². The van der Waals surface area contributed by atoms with Crippen molar-refractivity contribution in [1.29, 1.82) is 0 Å². The third-order valence-electron chi connectivity index (χ3n) is 4.67. The lowest BCUT2D eigenvalue weighted by atomic mass is 9.79. The molecule has 0 bridgehead atoms. The van der Waals surface area contributed by atoms with E-state index in [0.29, 0.717) is 0 Å². The molecule has 0 aliphatic rings. The van der Waals surface area contributed by atoms with Crippen LogP contribution >= 0.6 is 0 Å². The Morgan fingerprint density at radius 2 is 1.43 bits per heavy atom. The Bertz CT molecular complexity index is 372. The highest BCUT2D eigenvalue weighted by Gasteiger charge is 2.30. The second kappa shape index (κ2) is 9.97. The predicted molar refractivity (Wildman–Crippen MR) is 90.5 cm³/mol. The van der Waals surface area contributed by atoms with E-state index in [1.807, 2.05) is 6.33 Å². The molecule has 0 aliphatic heterocycles. The molecule has 0 amide bonds. The summed E-state index contributed by atoms with van der Waals surface area (Å²) in [6.07, 6.45) is 16.4. The second-order valence-electron chi connectivity index (χ2n) is 6.80. The van der Waals surface area contributed by atoms with Crippen molar-refractivity contribution in [1.82, 2.24) is 14.8 Å². The molecule has 1 heterocycles. The van der Waals surface area contributed by atoms with E-state index in [4.69, 9.17) is 0 Å². The first kappa shape index (κ1) is 18.2. The summed E-state index contributed by atoms with van der Waals surface area (Å²) in [5.41, 5.74) is 0.200. The lowest BCUT2D eigenvalue weighted by Gasteiger charge is -2.28. The van der Waals surface area contributed by atoms with Crippen molar-refractivity contribution < 1.29 is 0 Å². The molecule has 3 nitrogen and oxygen atoms in total.